The molecule has 2 atom stereocenters. The zero-order valence-electron chi connectivity index (χ0n) is 10.5. The quantitative estimate of drug-likeness (QED) is 0.867. The smallest absolute Gasteiger partial charge is 0.221 e. The molecule has 2 N–H and O–H groups in total. The van der Waals surface area contributed by atoms with Gasteiger partial charge in [0.2, 0.25) is 5.91 Å². The van der Waals surface area contributed by atoms with Gasteiger partial charge in [0.25, 0.3) is 0 Å². The van der Waals surface area contributed by atoms with Crippen LogP contribution in [-0.2, 0) is 4.79 Å². The van der Waals surface area contributed by atoms with Gasteiger partial charge in [-0.3, -0.25) is 4.79 Å². The van der Waals surface area contributed by atoms with Crippen LogP contribution in [0.5, 0.6) is 0 Å². The average molecular weight is 252 g/mol. The van der Waals surface area contributed by atoms with Crippen LogP contribution in [0.3, 0.4) is 0 Å². The maximum atomic E-state index is 11.5. The fourth-order valence-corrected chi connectivity index (χ4v) is 3.13. The van der Waals surface area contributed by atoms with Crippen LogP contribution in [0.15, 0.2) is 12.1 Å². The van der Waals surface area contributed by atoms with E-state index in [2.05, 4.69) is 36.6 Å². The zero-order valence-corrected chi connectivity index (χ0v) is 11.3. The minimum Gasteiger partial charge on any atom is -0.356 e. The van der Waals surface area contributed by atoms with Crippen LogP contribution >= 0.6 is 11.3 Å². The van der Waals surface area contributed by atoms with E-state index in [9.17, 15) is 4.79 Å². The Morgan fingerprint density at radius 1 is 1.53 bits per heavy atom. The monoisotopic (exact) mass is 252 g/mol. The van der Waals surface area contributed by atoms with E-state index in [-0.39, 0.29) is 5.91 Å². The Hall–Kier alpha value is -0.870. The number of carbonyl (C=O) groups excluding carboxylic acids is 1. The fourth-order valence-electron chi connectivity index (χ4n) is 2.24. The predicted molar refractivity (Wildman–Crippen MR) is 71.3 cm³/mol. The number of hydrogen-bond donors (Lipinski definition) is 2. The molecule has 0 aliphatic carbocycles. The molecule has 2 heterocycles. The van der Waals surface area contributed by atoms with Crippen LogP contribution in [-0.4, -0.2) is 18.5 Å². The van der Waals surface area contributed by atoms with Crippen LogP contribution in [0.2, 0.25) is 0 Å². The lowest BCUT2D eigenvalue weighted by molar-refractivity contribution is -0.121. The van der Waals surface area contributed by atoms with E-state index in [0.29, 0.717) is 18.5 Å². The highest BCUT2D eigenvalue weighted by molar-refractivity contribution is 7.12. The molecule has 1 fully saturated rings. The van der Waals surface area contributed by atoms with E-state index in [4.69, 9.17) is 0 Å². The number of amides is 1. The Morgan fingerprint density at radius 2 is 2.35 bits per heavy atom. The third-order valence-electron chi connectivity index (χ3n) is 3.16. The van der Waals surface area contributed by atoms with Crippen molar-refractivity contribution in [3.05, 3.63) is 21.9 Å². The average Bonchev–Trinajstić information content (AvgIpc) is 2.61. The van der Waals surface area contributed by atoms with Crippen molar-refractivity contribution < 1.29 is 4.79 Å². The van der Waals surface area contributed by atoms with Crippen molar-refractivity contribution in [3.8, 4) is 0 Å². The predicted octanol–water partition coefficient (Wildman–Crippen LogP) is 2.38. The molecule has 1 saturated heterocycles. The molecule has 0 spiro atoms. The first-order valence-electron chi connectivity index (χ1n) is 6.24. The molecule has 94 valence electrons. The highest BCUT2D eigenvalue weighted by Crippen LogP contribution is 2.23. The molecule has 4 heteroatoms. The summed E-state index contributed by atoms with van der Waals surface area (Å²) in [5, 5.41) is 6.48. The number of nitrogens with one attached hydrogen (secondary N) is 2. The van der Waals surface area contributed by atoms with Crippen molar-refractivity contribution in [1.29, 1.82) is 0 Å². The second kappa shape index (κ2) is 5.65. The fraction of sp³-hybridized carbons (Fsp3) is 0.615. The van der Waals surface area contributed by atoms with Crippen molar-refractivity contribution >= 4 is 17.2 Å². The summed E-state index contributed by atoms with van der Waals surface area (Å²) in [5.74, 6) is 0.176. The first kappa shape index (κ1) is 12.6. The Labute approximate surface area is 107 Å². The van der Waals surface area contributed by atoms with Crippen molar-refractivity contribution in [2.75, 3.05) is 6.54 Å². The number of hydrogen-bond acceptors (Lipinski definition) is 3. The van der Waals surface area contributed by atoms with Gasteiger partial charge in [0.05, 0.1) is 0 Å². The van der Waals surface area contributed by atoms with Gasteiger partial charge in [-0.2, -0.15) is 0 Å². The highest BCUT2D eigenvalue weighted by atomic mass is 32.1. The summed E-state index contributed by atoms with van der Waals surface area (Å²) in [6.07, 6.45) is 2.75. The number of aryl methyl sites for hydroxylation is 1. The summed E-state index contributed by atoms with van der Waals surface area (Å²) in [6.45, 7) is 5.12. The standard InChI is InChI=1S/C13H20N2OS/c1-9-5-6-12(17-9)10(2)15-11-4-3-7-14-13(16)8-11/h5-6,10-11,15H,3-4,7-8H2,1-2H3,(H,14,16). The molecule has 1 aromatic heterocycles. The first-order valence-corrected chi connectivity index (χ1v) is 7.06. The SMILES string of the molecule is Cc1ccc(C(C)NC2CCCNC(=O)C2)s1. The number of thiophene rings is 1. The third kappa shape index (κ3) is 3.54. The minimum absolute atomic E-state index is 0.176. The normalized spacial score (nSPS) is 22.9. The molecular formula is C13H20N2OS. The lowest BCUT2D eigenvalue weighted by atomic mass is 10.1. The maximum Gasteiger partial charge on any atom is 0.221 e. The van der Waals surface area contributed by atoms with Crippen LogP contribution in [0.1, 0.15) is 42.0 Å². The van der Waals surface area contributed by atoms with Crippen LogP contribution in [0, 0.1) is 6.92 Å². The molecular weight excluding hydrogens is 232 g/mol. The molecule has 0 aromatic carbocycles. The van der Waals surface area contributed by atoms with Gasteiger partial charge in [-0.25, -0.2) is 0 Å². The Bertz CT molecular complexity index is 389. The topological polar surface area (TPSA) is 41.1 Å². The van der Waals surface area contributed by atoms with E-state index < -0.39 is 0 Å². The van der Waals surface area contributed by atoms with Crippen molar-refractivity contribution in [1.82, 2.24) is 10.6 Å². The molecule has 0 saturated carbocycles. The maximum absolute atomic E-state index is 11.5. The lowest BCUT2D eigenvalue weighted by Crippen LogP contribution is -2.34. The zero-order chi connectivity index (χ0) is 12.3. The molecule has 1 aliphatic rings. The molecule has 3 nitrogen and oxygen atoms in total. The summed E-state index contributed by atoms with van der Waals surface area (Å²) >= 11 is 1.83. The molecule has 1 amide bonds. The van der Waals surface area contributed by atoms with Crippen molar-refractivity contribution in [3.63, 3.8) is 0 Å². The minimum atomic E-state index is 0.176. The van der Waals surface area contributed by atoms with Gasteiger partial charge in [0, 0.05) is 34.8 Å². The molecule has 1 aliphatic heterocycles. The molecule has 0 radical (unpaired) electrons. The van der Waals surface area contributed by atoms with Gasteiger partial charge in [0.1, 0.15) is 0 Å². The molecule has 2 rings (SSSR count). The molecule has 2 unspecified atom stereocenters. The van der Waals surface area contributed by atoms with Gasteiger partial charge >= 0.3 is 0 Å². The molecule has 17 heavy (non-hydrogen) atoms. The largest absolute Gasteiger partial charge is 0.356 e. The first-order chi connectivity index (χ1) is 8.15. The van der Waals surface area contributed by atoms with E-state index in [1.54, 1.807) is 0 Å². The van der Waals surface area contributed by atoms with Crippen LogP contribution < -0.4 is 10.6 Å². The number of rotatable bonds is 3. The van der Waals surface area contributed by atoms with E-state index >= 15 is 0 Å². The third-order valence-corrected chi connectivity index (χ3v) is 4.34. The van der Waals surface area contributed by atoms with Crippen LogP contribution in [0.25, 0.3) is 0 Å². The van der Waals surface area contributed by atoms with Gasteiger partial charge < -0.3 is 10.6 Å². The van der Waals surface area contributed by atoms with E-state index in [1.807, 2.05) is 11.3 Å². The Morgan fingerprint density at radius 3 is 3.06 bits per heavy atom. The van der Waals surface area contributed by atoms with E-state index in [0.717, 1.165) is 19.4 Å². The highest BCUT2D eigenvalue weighted by Gasteiger charge is 2.19. The van der Waals surface area contributed by atoms with Gasteiger partial charge in [-0.1, -0.05) is 0 Å². The summed E-state index contributed by atoms with van der Waals surface area (Å²) < 4.78 is 0. The molecule has 0 bridgehead atoms. The summed E-state index contributed by atoms with van der Waals surface area (Å²) in [4.78, 5) is 14.2. The molecule has 1 aromatic rings. The Kier molecular flexibility index (Phi) is 4.18. The van der Waals surface area contributed by atoms with E-state index in [1.165, 1.54) is 9.75 Å². The summed E-state index contributed by atoms with van der Waals surface area (Å²) in [6, 6.07) is 4.98. The second-order valence-corrected chi connectivity index (χ2v) is 6.05. The van der Waals surface area contributed by atoms with Gasteiger partial charge in [-0.15, -0.1) is 11.3 Å². The van der Waals surface area contributed by atoms with Crippen molar-refractivity contribution in [2.45, 2.75) is 45.2 Å². The van der Waals surface area contributed by atoms with Crippen LogP contribution in [0.4, 0.5) is 0 Å². The Balaban J connectivity index is 1.93. The van der Waals surface area contributed by atoms with Gasteiger partial charge in [-0.05, 0) is 38.8 Å². The number of carbonyl (C=O) groups is 1. The lowest BCUT2D eigenvalue weighted by Gasteiger charge is -2.20. The second-order valence-electron chi connectivity index (χ2n) is 4.73. The van der Waals surface area contributed by atoms with Crippen molar-refractivity contribution in [2.24, 2.45) is 0 Å². The van der Waals surface area contributed by atoms with Gasteiger partial charge in [0.15, 0.2) is 0 Å². The summed E-state index contributed by atoms with van der Waals surface area (Å²) in [5.41, 5.74) is 0. The summed E-state index contributed by atoms with van der Waals surface area (Å²) in [7, 11) is 0.